The summed E-state index contributed by atoms with van der Waals surface area (Å²) < 4.78 is 7.40. The summed E-state index contributed by atoms with van der Waals surface area (Å²) >= 11 is 2.96. The molecule has 34 heavy (non-hydrogen) atoms. The molecule has 4 aromatic heterocycles. The molecular formula is C25H18N4O3S2. The Morgan fingerprint density at radius 3 is 2.76 bits per heavy atom. The summed E-state index contributed by atoms with van der Waals surface area (Å²) in [5.41, 5.74) is 2.15. The highest BCUT2D eigenvalue weighted by Gasteiger charge is 2.34. The number of hydrogen-bond donors (Lipinski definition) is 0. The van der Waals surface area contributed by atoms with Gasteiger partial charge in [0.25, 0.3) is 11.5 Å². The molecule has 1 aromatic carbocycles. The van der Waals surface area contributed by atoms with Gasteiger partial charge in [-0.15, -0.1) is 22.7 Å². The molecule has 0 radical (unpaired) electrons. The van der Waals surface area contributed by atoms with E-state index in [0.717, 1.165) is 15.3 Å². The zero-order chi connectivity index (χ0) is 23.1. The van der Waals surface area contributed by atoms with Gasteiger partial charge in [0, 0.05) is 16.2 Å². The van der Waals surface area contributed by atoms with E-state index in [9.17, 15) is 9.59 Å². The van der Waals surface area contributed by atoms with Crippen molar-refractivity contribution in [2.45, 2.75) is 19.0 Å². The minimum Gasteiger partial charge on any atom is -0.463 e. The van der Waals surface area contributed by atoms with E-state index in [1.807, 2.05) is 60.0 Å². The van der Waals surface area contributed by atoms with Gasteiger partial charge in [0.05, 0.1) is 24.1 Å². The molecule has 7 nitrogen and oxygen atoms in total. The molecule has 0 spiro atoms. The molecule has 1 aliphatic heterocycles. The summed E-state index contributed by atoms with van der Waals surface area (Å²) in [6.07, 6.45) is 3.59. The molecule has 1 amide bonds. The molecule has 1 unspecified atom stereocenters. The molecule has 6 rings (SSSR count). The lowest BCUT2D eigenvalue weighted by Crippen LogP contribution is -2.33. The number of fused-ring (bicyclic) bond motifs is 1. The fraction of sp³-hybridized carbons (Fsp3) is 0.120. The fourth-order valence-corrected chi connectivity index (χ4v) is 5.93. The summed E-state index contributed by atoms with van der Waals surface area (Å²) in [5, 5.41) is 8.03. The van der Waals surface area contributed by atoms with Crippen molar-refractivity contribution in [1.82, 2.24) is 14.6 Å². The van der Waals surface area contributed by atoms with E-state index in [1.165, 1.54) is 27.2 Å². The van der Waals surface area contributed by atoms with Crippen molar-refractivity contribution < 1.29 is 9.21 Å². The minimum atomic E-state index is -0.275. The predicted octanol–water partition coefficient (Wildman–Crippen LogP) is 5.16. The monoisotopic (exact) mass is 486 g/mol. The minimum absolute atomic E-state index is 0.142. The van der Waals surface area contributed by atoms with Crippen LogP contribution in [0.3, 0.4) is 0 Å². The van der Waals surface area contributed by atoms with E-state index in [-0.39, 0.29) is 24.1 Å². The highest BCUT2D eigenvalue weighted by atomic mass is 32.1. The van der Waals surface area contributed by atoms with Gasteiger partial charge in [-0.1, -0.05) is 36.4 Å². The number of hydrazone groups is 1. The molecule has 0 saturated heterocycles. The Morgan fingerprint density at radius 1 is 1.12 bits per heavy atom. The Labute approximate surface area is 202 Å². The predicted molar refractivity (Wildman–Crippen MR) is 133 cm³/mol. The highest BCUT2D eigenvalue weighted by Crippen LogP contribution is 2.35. The lowest BCUT2D eigenvalue weighted by Gasteiger charge is -2.20. The van der Waals surface area contributed by atoms with Gasteiger partial charge in [-0.2, -0.15) is 5.10 Å². The standard InChI is InChI=1S/C25H18N4O3S2/c30-23(29-19(21-9-5-11-33-21)12-17(27-29)20-8-4-10-32-20)14-28-15-26-18-13-22(34-24(18)25(28)31)16-6-2-1-3-7-16/h1-11,13,15,19H,12,14H2. The van der Waals surface area contributed by atoms with E-state index >= 15 is 0 Å². The molecule has 5 aromatic rings. The Bertz CT molecular complexity index is 1550. The first-order chi connectivity index (χ1) is 16.7. The largest absolute Gasteiger partial charge is 0.463 e. The molecule has 0 bridgehead atoms. The first kappa shape index (κ1) is 20.8. The Morgan fingerprint density at radius 2 is 2.00 bits per heavy atom. The summed E-state index contributed by atoms with van der Waals surface area (Å²) in [5.74, 6) is 0.368. The summed E-state index contributed by atoms with van der Waals surface area (Å²) in [4.78, 5) is 33.0. The lowest BCUT2D eigenvalue weighted by molar-refractivity contribution is -0.133. The van der Waals surface area contributed by atoms with Crippen LogP contribution < -0.4 is 5.56 Å². The number of amides is 1. The maximum atomic E-state index is 13.4. The number of benzene rings is 1. The van der Waals surface area contributed by atoms with Gasteiger partial charge >= 0.3 is 0 Å². The average molecular weight is 487 g/mol. The zero-order valence-electron chi connectivity index (χ0n) is 17.8. The van der Waals surface area contributed by atoms with Crippen LogP contribution in [0.1, 0.15) is 23.1 Å². The van der Waals surface area contributed by atoms with Crippen LogP contribution in [0.2, 0.25) is 0 Å². The number of rotatable bonds is 5. The molecule has 0 N–H and O–H groups in total. The topological polar surface area (TPSA) is 80.7 Å². The van der Waals surface area contributed by atoms with Crippen molar-refractivity contribution in [2.75, 3.05) is 0 Å². The van der Waals surface area contributed by atoms with Crippen LogP contribution in [0.5, 0.6) is 0 Å². The van der Waals surface area contributed by atoms with Crippen LogP contribution in [-0.2, 0) is 11.3 Å². The van der Waals surface area contributed by atoms with E-state index in [4.69, 9.17) is 4.42 Å². The number of thiophene rings is 2. The van der Waals surface area contributed by atoms with Crippen LogP contribution in [-0.4, -0.2) is 26.2 Å². The smallest absolute Gasteiger partial charge is 0.271 e. The molecule has 168 valence electrons. The number of aromatic nitrogens is 2. The van der Waals surface area contributed by atoms with Crippen molar-refractivity contribution in [3.63, 3.8) is 0 Å². The second-order valence-corrected chi connectivity index (χ2v) is 9.90. The first-order valence-corrected chi connectivity index (χ1v) is 12.4. The normalized spacial score (nSPS) is 15.7. The van der Waals surface area contributed by atoms with Crippen molar-refractivity contribution in [1.29, 1.82) is 0 Å². The van der Waals surface area contributed by atoms with Crippen LogP contribution in [0.25, 0.3) is 20.7 Å². The van der Waals surface area contributed by atoms with E-state index in [1.54, 1.807) is 23.7 Å². The molecule has 0 aliphatic carbocycles. The number of nitrogens with zero attached hydrogens (tertiary/aromatic N) is 4. The SMILES string of the molecule is O=C(Cn1cnc2cc(-c3ccccc3)sc2c1=O)N1N=C(c2ccco2)CC1c1cccs1. The van der Waals surface area contributed by atoms with Gasteiger partial charge in [0.15, 0.2) is 0 Å². The molecule has 9 heteroatoms. The molecule has 0 fully saturated rings. The molecule has 0 saturated carbocycles. The third-order valence-electron chi connectivity index (χ3n) is 5.71. The van der Waals surface area contributed by atoms with Crippen molar-refractivity contribution in [3.8, 4) is 10.4 Å². The lowest BCUT2D eigenvalue weighted by atomic mass is 10.1. The van der Waals surface area contributed by atoms with Gasteiger partial charge in [0.1, 0.15) is 22.7 Å². The molecule has 1 aliphatic rings. The maximum Gasteiger partial charge on any atom is 0.271 e. The first-order valence-electron chi connectivity index (χ1n) is 10.7. The van der Waals surface area contributed by atoms with Crippen LogP contribution >= 0.6 is 22.7 Å². The zero-order valence-corrected chi connectivity index (χ0v) is 19.5. The number of hydrogen-bond acceptors (Lipinski definition) is 7. The Hall–Kier alpha value is -3.82. The van der Waals surface area contributed by atoms with Crippen LogP contribution in [0, 0.1) is 0 Å². The van der Waals surface area contributed by atoms with Crippen molar-refractivity contribution in [3.05, 3.63) is 99.6 Å². The molecule has 1 atom stereocenters. The fourth-order valence-electron chi connectivity index (χ4n) is 4.06. The van der Waals surface area contributed by atoms with E-state index < -0.39 is 0 Å². The number of carbonyl (C=O) groups excluding carboxylic acids is 1. The maximum absolute atomic E-state index is 13.4. The third-order valence-corrected chi connectivity index (χ3v) is 7.85. The summed E-state index contributed by atoms with van der Waals surface area (Å²) in [6.45, 7) is -0.142. The van der Waals surface area contributed by atoms with E-state index in [0.29, 0.717) is 28.1 Å². The second-order valence-electron chi connectivity index (χ2n) is 7.87. The van der Waals surface area contributed by atoms with E-state index in [2.05, 4.69) is 10.1 Å². The van der Waals surface area contributed by atoms with Gasteiger partial charge in [-0.3, -0.25) is 14.2 Å². The molecular weight excluding hydrogens is 468 g/mol. The summed E-state index contributed by atoms with van der Waals surface area (Å²) in [7, 11) is 0. The second kappa shape index (κ2) is 8.51. The molecule has 5 heterocycles. The average Bonchev–Trinajstić information content (AvgIpc) is 3.67. The number of furan rings is 1. The summed E-state index contributed by atoms with van der Waals surface area (Å²) in [6, 6.07) is 19.1. The van der Waals surface area contributed by atoms with Crippen molar-refractivity contribution in [2.24, 2.45) is 5.10 Å². The van der Waals surface area contributed by atoms with Gasteiger partial charge in [-0.05, 0) is 35.2 Å². The van der Waals surface area contributed by atoms with Gasteiger partial charge in [0.2, 0.25) is 0 Å². The highest BCUT2D eigenvalue weighted by molar-refractivity contribution is 7.22. The van der Waals surface area contributed by atoms with Crippen molar-refractivity contribution >= 4 is 44.5 Å². The quantitative estimate of drug-likeness (QED) is 0.344. The number of carbonyl (C=O) groups is 1. The van der Waals surface area contributed by atoms with Crippen LogP contribution in [0.15, 0.2) is 92.9 Å². The van der Waals surface area contributed by atoms with Gasteiger partial charge in [-0.25, -0.2) is 9.99 Å². The van der Waals surface area contributed by atoms with Crippen LogP contribution in [0.4, 0.5) is 0 Å². The third kappa shape index (κ3) is 3.68. The Balaban J connectivity index is 1.32. The van der Waals surface area contributed by atoms with Gasteiger partial charge < -0.3 is 4.42 Å². The Kier molecular flexibility index (Phi) is 5.20.